The van der Waals surface area contributed by atoms with Crippen molar-refractivity contribution in [3.8, 4) is 0 Å². The first kappa shape index (κ1) is 15.1. The third-order valence-corrected chi connectivity index (χ3v) is 2.74. The molecule has 1 atom stereocenters. The Labute approximate surface area is 113 Å². The molecule has 104 valence electrons. The summed E-state index contributed by atoms with van der Waals surface area (Å²) in [6.07, 6.45) is 1.71. The van der Waals surface area contributed by atoms with E-state index in [1.54, 1.807) is 6.20 Å². The minimum atomic E-state index is -0.500. The van der Waals surface area contributed by atoms with Crippen LogP contribution in [-0.2, 0) is 16.1 Å². The monoisotopic (exact) mass is 263 g/mol. The maximum absolute atomic E-state index is 12.0. The zero-order valence-electron chi connectivity index (χ0n) is 11.9. The lowest BCUT2D eigenvalue weighted by molar-refractivity contribution is -0.129. The van der Waals surface area contributed by atoms with Crippen LogP contribution in [0.15, 0.2) is 18.3 Å². The molecule has 1 unspecified atom stereocenters. The van der Waals surface area contributed by atoms with Gasteiger partial charge in [-0.25, -0.2) is 0 Å². The fraction of sp³-hybridized carbons (Fsp3) is 0.500. The van der Waals surface area contributed by atoms with Crippen LogP contribution in [0.25, 0.3) is 0 Å². The maximum atomic E-state index is 12.0. The Morgan fingerprint density at radius 1 is 1.37 bits per heavy atom. The molecule has 0 spiro atoms. The maximum Gasteiger partial charge on any atom is 0.243 e. The second-order valence-corrected chi connectivity index (χ2v) is 4.95. The molecule has 0 fully saturated rings. The number of aromatic nitrogens is 1. The van der Waals surface area contributed by atoms with E-state index in [2.05, 4.69) is 15.6 Å². The third kappa shape index (κ3) is 5.07. The second-order valence-electron chi connectivity index (χ2n) is 4.95. The van der Waals surface area contributed by atoms with Gasteiger partial charge in [-0.3, -0.25) is 14.6 Å². The van der Waals surface area contributed by atoms with Crippen molar-refractivity contribution in [1.82, 2.24) is 15.6 Å². The van der Waals surface area contributed by atoms with Gasteiger partial charge in [-0.1, -0.05) is 13.8 Å². The molecule has 5 nitrogen and oxygen atoms in total. The molecule has 1 heterocycles. The highest BCUT2D eigenvalue weighted by molar-refractivity contribution is 5.86. The first-order valence-electron chi connectivity index (χ1n) is 6.36. The van der Waals surface area contributed by atoms with E-state index in [0.29, 0.717) is 6.54 Å². The third-order valence-electron chi connectivity index (χ3n) is 2.74. The molecule has 5 heteroatoms. The van der Waals surface area contributed by atoms with Crippen LogP contribution < -0.4 is 10.6 Å². The molecule has 0 saturated heterocycles. The van der Waals surface area contributed by atoms with Gasteiger partial charge in [0.2, 0.25) is 11.8 Å². The second kappa shape index (κ2) is 6.87. The van der Waals surface area contributed by atoms with Gasteiger partial charge in [0.1, 0.15) is 6.04 Å². The number of hydrogen-bond acceptors (Lipinski definition) is 3. The van der Waals surface area contributed by atoms with Crippen molar-refractivity contribution in [1.29, 1.82) is 0 Å². The molecule has 1 rings (SSSR count). The van der Waals surface area contributed by atoms with Crippen LogP contribution >= 0.6 is 0 Å². The van der Waals surface area contributed by atoms with E-state index >= 15 is 0 Å². The van der Waals surface area contributed by atoms with Crippen LogP contribution in [0.1, 0.15) is 32.0 Å². The van der Waals surface area contributed by atoms with Gasteiger partial charge in [-0.2, -0.15) is 0 Å². The number of amides is 2. The Morgan fingerprint density at radius 2 is 2.05 bits per heavy atom. The normalized spacial score (nSPS) is 12.1. The summed E-state index contributed by atoms with van der Waals surface area (Å²) in [4.78, 5) is 27.2. The smallest absolute Gasteiger partial charge is 0.243 e. The van der Waals surface area contributed by atoms with E-state index in [-0.39, 0.29) is 17.7 Å². The predicted molar refractivity (Wildman–Crippen MR) is 73.3 cm³/mol. The lowest BCUT2D eigenvalue weighted by Gasteiger charge is -2.20. The molecule has 2 amide bonds. The van der Waals surface area contributed by atoms with E-state index in [1.165, 1.54) is 6.92 Å². The molecular weight excluding hydrogens is 242 g/mol. The van der Waals surface area contributed by atoms with Gasteiger partial charge < -0.3 is 10.6 Å². The average Bonchev–Trinajstić information content (AvgIpc) is 2.32. The van der Waals surface area contributed by atoms with Crippen LogP contribution in [0.3, 0.4) is 0 Å². The molecular formula is C14H21N3O2. The highest BCUT2D eigenvalue weighted by Crippen LogP contribution is 2.04. The highest BCUT2D eigenvalue weighted by atomic mass is 16.2. The summed E-state index contributed by atoms with van der Waals surface area (Å²) < 4.78 is 0. The van der Waals surface area contributed by atoms with Gasteiger partial charge in [0.25, 0.3) is 0 Å². The summed E-state index contributed by atoms with van der Waals surface area (Å²) in [5, 5.41) is 5.49. The van der Waals surface area contributed by atoms with Crippen molar-refractivity contribution < 1.29 is 9.59 Å². The minimum absolute atomic E-state index is 0.0445. The molecule has 0 saturated carbocycles. The Balaban J connectivity index is 2.59. The molecule has 2 N–H and O–H groups in total. The molecule has 0 radical (unpaired) electrons. The molecule has 0 aliphatic heterocycles. The van der Waals surface area contributed by atoms with E-state index < -0.39 is 6.04 Å². The van der Waals surface area contributed by atoms with Crippen molar-refractivity contribution in [3.05, 3.63) is 29.6 Å². The van der Waals surface area contributed by atoms with Gasteiger partial charge >= 0.3 is 0 Å². The van der Waals surface area contributed by atoms with Crippen molar-refractivity contribution in [2.45, 2.75) is 40.3 Å². The number of aryl methyl sites for hydroxylation is 1. The van der Waals surface area contributed by atoms with Crippen LogP contribution in [0.2, 0.25) is 0 Å². The molecule has 19 heavy (non-hydrogen) atoms. The van der Waals surface area contributed by atoms with Gasteiger partial charge in [0, 0.05) is 25.4 Å². The van der Waals surface area contributed by atoms with Gasteiger partial charge in [0.05, 0.1) is 0 Å². The first-order valence-corrected chi connectivity index (χ1v) is 6.36. The van der Waals surface area contributed by atoms with E-state index in [4.69, 9.17) is 0 Å². The summed E-state index contributed by atoms with van der Waals surface area (Å²) in [5.74, 6) is -0.323. The van der Waals surface area contributed by atoms with Gasteiger partial charge in [-0.15, -0.1) is 0 Å². The van der Waals surface area contributed by atoms with Crippen LogP contribution in [0.4, 0.5) is 0 Å². The number of pyridine rings is 1. The largest absolute Gasteiger partial charge is 0.350 e. The molecule has 1 aromatic rings. The standard InChI is InChI=1S/C14H21N3O2/c1-9(2)13(17-11(4)18)14(19)16-8-12-5-6-15-10(3)7-12/h5-7,9,13H,8H2,1-4H3,(H,16,19)(H,17,18). The fourth-order valence-electron chi connectivity index (χ4n) is 1.77. The summed E-state index contributed by atoms with van der Waals surface area (Å²) >= 11 is 0. The summed E-state index contributed by atoms with van der Waals surface area (Å²) in [6, 6.07) is 3.28. The topological polar surface area (TPSA) is 71.1 Å². The molecule has 1 aromatic heterocycles. The van der Waals surface area contributed by atoms with Crippen molar-refractivity contribution >= 4 is 11.8 Å². The SMILES string of the molecule is CC(=O)NC(C(=O)NCc1ccnc(C)c1)C(C)C. The lowest BCUT2D eigenvalue weighted by atomic mass is 10.0. The summed E-state index contributed by atoms with van der Waals surface area (Å²) in [7, 11) is 0. The van der Waals surface area contributed by atoms with E-state index in [9.17, 15) is 9.59 Å². The van der Waals surface area contributed by atoms with Crippen LogP contribution in [-0.4, -0.2) is 22.8 Å². The van der Waals surface area contributed by atoms with Crippen molar-refractivity contribution in [3.63, 3.8) is 0 Å². The zero-order chi connectivity index (χ0) is 14.4. The number of carbonyl (C=O) groups is 2. The number of carbonyl (C=O) groups excluding carboxylic acids is 2. The molecule has 0 aliphatic rings. The van der Waals surface area contributed by atoms with E-state index in [0.717, 1.165) is 11.3 Å². The Hall–Kier alpha value is -1.91. The Kier molecular flexibility index (Phi) is 5.48. The summed E-state index contributed by atoms with van der Waals surface area (Å²) in [6.45, 7) is 7.55. The number of nitrogens with one attached hydrogen (secondary N) is 2. The molecule has 0 aromatic carbocycles. The van der Waals surface area contributed by atoms with Gasteiger partial charge in [-0.05, 0) is 30.5 Å². The fourth-order valence-corrected chi connectivity index (χ4v) is 1.77. The van der Waals surface area contributed by atoms with Crippen LogP contribution in [0.5, 0.6) is 0 Å². The minimum Gasteiger partial charge on any atom is -0.350 e. The quantitative estimate of drug-likeness (QED) is 0.837. The predicted octanol–water partition coefficient (Wildman–Crippen LogP) is 1.17. The average molecular weight is 263 g/mol. The Morgan fingerprint density at radius 3 is 2.58 bits per heavy atom. The number of rotatable bonds is 5. The molecule has 0 aliphatic carbocycles. The van der Waals surface area contributed by atoms with Gasteiger partial charge in [0.15, 0.2) is 0 Å². The van der Waals surface area contributed by atoms with E-state index in [1.807, 2.05) is 32.9 Å². The van der Waals surface area contributed by atoms with Crippen molar-refractivity contribution in [2.24, 2.45) is 5.92 Å². The first-order chi connectivity index (χ1) is 8.90. The van der Waals surface area contributed by atoms with Crippen LogP contribution in [0, 0.1) is 12.8 Å². The summed E-state index contributed by atoms with van der Waals surface area (Å²) in [5.41, 5.74) is 1.90. The highest BCUT2D eigenvalue weighted by Gasteiger charge is 2.22. The Bertz CT molecular complexity index is 458. The lowest BCUT2D eigenvalue weighted by Crippen LogP contribution is -2.48. The van der Waals surface area contributed by atoms with Crippen molar-refractivity contribution in [2.75, 3.05) is 0 Å². The number of hydrogen-bond donors (Lipinski definition) is 2. The molecule has 0 bridgehead atoms. The zero-order valence-corrected chi connectivity index (χ0v) is 11.9. The number of nitrogens with zero attached hydrogens (tertiary/aromatic N) is 1.